The maximum atomic E-state index is 2.39. The fraction of sp³-hybridized carbons (Fsp3) is 0. The smallest absolute Gasteiger partial charge is 0.00199 e. The zero-order valence-corrected chi connectivity index (χ0v) is 25.3. The van der Waals surface area contributed by atoms with Crippen LogP contribution in [0.3, 0.4) is 0 Å². The van der Waals surface area contributed by atoms with E-state index in [9.17, 15) is 0 Å². The molecule has 9 aromatic rings. The third-order valence-corrected chi connectivity index (χ3v) is 9.45. The normalized spacial score (nSPS) is 11.5. The molecule has 0 unspecified atom stereocenters. The van der Waals surface area contributed by atoms with Gasteiger partial charge in [-0.1, -0.05) is 170 Å². The summed E-state index contributed by atoms with van der Waals surface area (Å²) in [5.74, 6) is 0. The average molecular weight is 583 g/mol. The first-order valence-corrected chi connectivity index (χ1v) is 15.9. The molecule has 214 valence electrons. The molecule has 0 aliphatic heterocycles. The van der Waals surface area contributed by atoms with Gasteiger partial charge in [0.05, 0.1) is 0 Å². The molecule has 0 amide bonds. The van der Waals surface area contributed by atoms with Crippen molar-refractivity contribution in [2.45, 2.75) is 0 Å². The highest BCUT2D eigenvalue weighted by molar-refractivity contribution is 6.25. The molecule has 0 heterocycles. The summed E-state index contributed by atoms with van der Waals surface area (Å²) in [4.78, 5) is 0. The van der Waals surface area contributed by atoms with E-state index >= 15 is 0 Å². The average Bonchev–Trinajstić information content (AvgIpc) is 3.14. The molecule has 0 heteroatoms. The summed E-state index contributed by atoms with van der Waals surface area (Å²) < 4.78 is 0. The van der Waals surface area contributed by atoms with Crippen molar-refractivity contribution in [3.8, 4) is 44.5 Å². The minimum absolute atomic E-state index is 1.22. The van der Waals surface area contributed by atoms with E-state index in [4.69, 9.17) is 0 Å². The van der Waals surface area contributed by atoms with Gasteiger partial charge >= 0.3 is 0 Å². The highest BCUT2D eigenvalue weighted by Crippen LogP contribution is 2.46. The predicted molar refractivity (Wildman–Crippen MR) is 198 cm³/mol. The van der Waals surface area contributed by atoms with Crippen molar-refractivity contribution in [3.63, 3.8) is 0 Å². The molecule has 0 aliphatic rings. The van der Waals surface area contributed by atoms with Crippen LogP contribution < -0.4 is 0 Å². The van der Waals surface area contributed by atoms with Crippen LogP contribution in [0.15, 0.2) is 182 Å². The standard InChI is InChI=1S/C46H30/c1-2-13-31(14-3-1)32-25-27-33(28-26-32)34-16-12-17-36(29-34)45-40-21-8-10-23-42(40)46(43-24-11-9-22-41(43)45)44-30-35-15-4-5-18-37(35)38-19-6-7-20-39(38)44/h1-30H. The summed E-state index contributed by atoms with van der Waals surface area (Å²) in [6.45, 7) is 0. The van der Waals surface area contributed by atoms with E-state index in [1.54, 1.807) is 0 Å². The Balaban J connectivity index is 1.28. The van der Waals surface area contributed by atoms with Gasteiger partial charge in [-0.15, -0.1) is 0 Å². The van der Waals surface area contributed by atoms with Crippen molar-refractivity contribution >= 4 is 43.1 Å². The summed E-state index contributed by atoms with van der Waals surface area (Å²) in [6, 6.07) is 66.5. The van der Waals surface area contributed by atoms with Crippen molar-refractivity contribution in [3.05, 3.63) is 182 Å². The van der Waals surface area contributed by atoms with Gasteiger partial charge < -0.3 is 0 Å². The van der Waals surface area contributed by atoms with Crippen LogP contribution in [-0.2, 0) is 0 Å². The molecular formula is C46H30. The summed E-state index contributed by atoms with van der Waals surface area (Å²) in [5, 5.41) is 10.2. The highest BCUT2D eigenvalue weighted by Gasteiger charge is 2.19. The molecular weight excluding hydrogens is 553 g/mol. The van der Waals surface area contributed by atoms with Crippen LogP contribution >= 0.6 is 0 Å². The molecule has 0 N–H and O–H groups in total. The van der Waals surface area contributed by atoms with Crippen LogP contribution in [0.5, 0.6) is 0 Å². The molecule has 0 nitrogen and oxygen atoms in total. The van der Waals surface area contributed by atoms with E-state index < -0.39 is 0 Å². The molecule has 0 atom stereocenters. The first-order valence-electron chi connectivity index (χ1n) is 15.9. The second-order valence-corrected chi connectivity index (χ2v) is 12.1. The lowest BCUT2D eigenvalue weighted by Gasteiger charge is -2.20. The lowest BCUT2D eigenvalue weighted by molar-refractivity contribution is 1.59. The van der Waals surface area contributed by atoms with Crippen molar-refractivity contribution < 1.29 is 0 Å². The van der Waals surface area contributed by atoms with Gasteiger partial charge in [0.2, 0.25) is 0 Å². The lowest BCUT2D eigenvalue weighted by atomic mass is 9.83. The van der Waals surface area contributed by atoms with E-state index in [0.29, 0.717) is 0 Å². The van der Waals surface area contributed by atoms with E-state index in [0.717, 1.165) is 0 Å². The maximum Gasteiger partial charge on any atom is -0.00199 e. The summed E-state index contributed by atoms with van der Waals surface area (Å²) in [5.41, 5.74) is 9.98. The van der Waals surface area contributed by atoms with Gasteiger partial charge in [-0.05, 0) is 99.7 Å². The molecule has 0 saturated heterocycles. The van der Waals surface area contributed by atoms with Gasteiger partial charge in [-0.3, -0.25) is 0 Å². The van der Waals surface area contributed by atoms with Gasteiger partial charge in [0.15, 0.2) is 0 Å². The zero-order chi connectivity index (χ0) is 30.5. The molecule has 0 spiro atoms. The van der Waals surface area contributed by atoms with Crippen LogP contribution in [0, 0.1) is 0 Å². The van der Waals surface area contributed by atoms with Gasteiger partial charge in [-0.2, -0.15) is 0 Å². The number of fused-ring (bicyclic) bond motifs is 5. The molecule has 9 aromatic carbocycles. The van der Waals surface area contributed by atoms with Crippen molar-refractivity contribution in [2.24, 2.45) is 0 Å². The molecule has 0 bridgehead atoms. The summed E-state index contributed by atoms with van der Waals surface area (Å²) in [6.07, 6.45) is 0. The van der Waals surface area contributed by atoms with Crippen molar-refractivity contribution in [2.75, 3.05) is 0 Å². The number of rotatable bonds is 4. The van der Waals surface area contributed by atoms with E-state index in [1.807, 2.05) is 0 Å². The van der Waals surface area contributed by atoms with Crippen LogP contribution in [0.4, 0.5) is 0 Å². The molecule has 46 heavy (non-hydrogen) atoms. The molecule has 0 radical (unpaired) electrons. The lowest BCUT2D eigenvalue weighted by Crippen LogP contribution is -1.92. The fourth-order valence-corrected chi connectivity index (χ4v) is 7.33. The number of hydrogen-bond donors (Lipinski definition) is 0. The second kappa shape index (κ2) is 10.9. The van der Waals surface area contributed by atoms with Gasteiger partial charge in [0, 0.05) is 0 Å². The molecule has 0 fully saturated rings. The third-order valence-electron chi connectivity index (χ3n) is 9.45. The fourth-order valence-electron chi connectivity index (χ4n) is 7.33. The van der Waals surface area contributed by atoms with Gasteiger partial charge in [-0.25, -0.2) is 0 Å². The van der Waals surface area contributed by atoms with Gasteiger partial charge in [0.25, 0.3) is 0 Å². The Kier molecular flexibility index (Phi) is 6.25. The van der Waals surface area contributed by atoms with Crippen molar-refractivity contribution in [1.82, 2.24) is 0 Å². The second-order valence-electron chi connectivity index (χ2n) is 12.1. The van der Waals surface area contributed by atoms with Crippen LogP contribution in [0.25, 0.3) is 87.6 Å². The number of hydrogen-bond acceptors (Lipinski definition) is 0. The van der Waals surface area contributed by atoms with Gasteiger partial charge in [0.1, 0.15) is 0 Å². The van der Waals surface area contributed by atoms with E-state index in [-0.39, 0.29) is 0 Å². The third kappa shape index (κ3) is 4.30. The Bertz CT molecular complexity index is 2500. The van der Waals surface area contributed by atoms with E-state index in [1.165, 1.54) is 87.6 Å². The van der Waals surface area contributed by atoms with Crippen LogP contribution in [-0.4, -0.2) is 0 Å². The summed E-state index contributed by atoms with van der Waals surface area (Å²) in [7, 11) is 0. The Morgan fingerprint density at radius 3 is 1.30 bits per heavy atom. The molecule has 9 rings (SSSR count). The van der Waals surface area contributed by atoms with Crippen molar-refractivity contribution in [1.29, 1.82) is 0 Å². The topological polar surface area (TPSA) is 0 Å². The molecule has 0 aliphatic carbocycles. The minimum Gasteiger partial charge on any atom is -0.0622 e. The first-order chi connectivity index (χ1) is 22.8. The predicted octanol–water partition coefficient (Wildman–Crippen LogP) is 13.0. The van der Waals surface area contributed by atoms with Crippen LogP contribution in [0.2, 0.25) is 0 Å². The SMILES string of the molecule is c1ccc(-c2ccc(-c3cccc(-c4c5ccccc5c(-c5cc6ccccc6c6ccccc56)c5ccccc45)c3)cc2)cc1. The largest absolute Gasteiger partial charge is 0.0622 e. The van der Waals surface area contributed by atoms with Crippen LogP contribution in [0.1, 0.15) is 0 Å². The Morgan fingerprint density at radius 2 is 0.652 bits per heavy atom. The number of benzene rings is 9. The monoisotopic (exact) mass is 582 g/mol. The minimum atomic E-state index is 1.22. The Labute approximate surface area is 268 Å². The quantitative estimate of drug-likeness (QED) is 0.143. The first kappa shape index (κ1) is 26.4. The van der Waals surface area contributed by atoms with E-state index in [2.05, 4.69) is 182 Å². The highest BCUT2D eigenvalue weighted by atomic mass is 14.2. The Morgan fingerprint density at radius 1 is 0.217 bits per heavy atom. The summed E-state index contributed by atoms with van der Waals surface area (Å²) >= 11 is 0. The Hall–Kier alpha value is -5.98. The molecule has 0 saturated carbocycles. The maximum absolute atomic E-state index is 2.39. The molecule has 0 aromatic heterocycles. The zero-order valence-electron chi connectivity index (χ0n) is 25.3.